The molecule has 0 amide bonds. The predicted octanol–water partition coefficient (Wildman–Crippen LogP) is 1.31. The van der Waals surface area contributed by atoms with E-state index in [-0.39, 0.29) is 6.54 Å². The molecule has 2 heteroatoms. The zero-order chi connectivity index (χ0) is 9.10. The van der Waals surface area contributed by atoms with Crippen molar-refractivity contribution >= 4 is 12.2 Å². The summed E-state index contributed by atoms with van der Waals surface area (Å²) in [5.74, 6) is 0. The van der Waals surface area contributed by atoms with Gasteiger partial charge in [0.15, 0.2) is 0 Å². The molecule has 2 nitrogen and oxygen atoms in total. The topological polar surface area (TPSA) is 29.4 Å². The van der Waals surface area contributed by atoms with E-state index >= 15 is 0 Å². The van der Waals surface area contributed by atoms with Gasteiger partial charge in [0, 0.05) is 0 Å². The molecule has 0 fully saturated rings. The first-order valence-electron chi connectivity index (χ1n) is 4.48. The lowest BCUT2D eigenvalue weighted by atomic mass is 10.1. The van der Waals surface area contributed by atoms with E-state index in [0.717, 1.165) is 18.4 Å². The van der Waals surface area contributed by atoms with Gasteiger partial charge in [-0.2, -0.15) is 4.91 Å². The summed E-state index contributed by atoms with van der Waals surface area (Å²) in [5.41, 5.74) is 1.00. The zero-order valence-electron chi connectivity index (χ0n) is 7.36. The first kappa shape index (κ1) is 8.17. The van der Waals surface area contributed by atoms with Crippen molar-refractivity contribution in [1.29, 1.82) is 0 Å². The number of benzene rings is 1. The molecule has 0 aromatic heterocycles. The number of rotatable bonds is 2. The van der Waals surface area contributed by atoms with Crippen LogP contribution in [0, 0.1) is 4.91 Å². The SMILES string of the molecule is O=NCc1ccc2c(c1)=CCCC=2. The Kier molecular flexibility index (Phi) is 2.21. The second kappa shape index (κ2) is 3.52. The molecule has 1 aromatic carbocycles. The fourth-order valence-electron chi connectivity index (χ4n) is 1.64. The fourth-order valence-corrected chi connectivity index (χ4v) is 1.64. The molecule has 0 bridgehead atoms. The summed E-state index contributed by atoms with van der Waals surface area (Å²) in [6, 6.07) is 6.08. The highest BCUT2D eigenvalue weighted by Crippen LogP contribution is 1.98. The highest BCUT2D eigenvalue weighted by molar-refractivity contribution is 5.39. The average Bonchev–Trinajstić information content (AvgIpc) is 2.18. The van der Waals surface area contributed by atoms with Crippen molar-refractivity contribution < 1.29 is 0 Å². The third-order valence-corrected chi connectivity index (χ3v) is 2.29. The summed E-state index contributed by atoms with van der Waals surface area (Å²) in [7, 11) is 0. The van der Waals surface area contributed by atoms with Crippen molar-refractivity contribution in [3.05, 3.63) is 39.1 Å². The Labute approximate surface area is 76.6 Å². The van der Waals surface area contributed by atoms with Crippen LogP contribution in [0.5, 0.6) is 0 Å². The molecule has 2 rings (SSSR count). The molecule has 0 spiro atoms. The normalized spacial score (nSPS) is 13.8. The number of nitroso groups, excluding NO2 is 1. The van der Waals surface area contributed by atoms with Crippen LogP contribution in [-0.2, 0) is 6.54 Å². The van der Waals surface area contributed by atoms with E-state index in [0.29, 0.717) is 0 Å². The fraction of sp³-hybridized carbons (Fsp3) is 0.273. The van der Waals surface area contributed by atoms with Crippen LogP contribution in [-0.4, -0.2) is 0 Å². The summed E-state index contributed by atoms with van der Waals surface area (Å²) in [4.78, 5) is 10.1. The number of nitrogens with zero attached hydrogens (tertiary/aromatic N) is 1. The van der Waals surface area contributed by atoms with Crippen molar-refractivity contribution in [2.24, 2.45) is 5.18 Å². The maximum atomic E-state index is 10.1. The summed E-state index contributed by atoms with van der Waals surface area (Å²) >= 11 is 0. The molecule has 13 heavy (non-hydrogen) atoms. The summed E-state index contributed by atoms with van der Waals surface area (Å²) in [6.07, 6.45) is 6.67. The van der Waals surface area contributed by atoms with Gasteiger partial charge in [0.2, 0.25) is 0 Å². The van der Waals surface area contributed by atoms with E-state index in [1.165, 1.54) is 10.4 Å². The molecule has 0 unspecified atom stereocenters. The second-order valence-electron chi connectivity index (χ2n) is 3.24. The van der Waals surface area contributed by atoms with Crippen molar-refractivity contribution in [1.82, 2.24) is 0 Å². The minimum absolute atomic E-state index is 0.279. The first-order chi connectivity index (χ1) is 6.40. The van der Waals surface area contributed by atoms with Crippen LogP contribution in [0.1, 0.15) is 18.4 Å². The van der Waals surface area contributed by atoms with E-state index in [4.69, 9.17) is 0 Å². The molecule has 0 heterocycles. The zero-order valence-corrected chi connectivity index (χ0v) is 7.36. The lowest BCUT2D eigenvalue weighted by molar-refractivity contribution is 1.04. The van der Waals surface area contributed by atoms with Crippen LogP contribution in [0.25, 0.3) is 12.2 Å². The van der Waals surface area contributed by atoms with Crippen LogP contribution in [0.4, 0.5) is 0 Å². The highest BCUT2D eigenvalue weighted by Gasteiger charge is 1.95. The van der Waals surface area contributed by atoms with Gasteiger partial charge in [0.25, 0.3) is 0 Å². The highest BCUT2D eigenvalue weighted by atomic mass is 16.3. The molecule has 1 aliphatic carbocycles. The number of hydrogen-bond donors (Lipinski definition) is 0. The summed E-state index contributed by atoms with van der Waals surface area (Å²) in [6.45, 7) is 0.279. The first-order valence-corrected chi connectivity index (χ1v) is 4.48. The maximum absolute atomic E-state index is 10.1. The van der Waals surface area contributed by atoms with Gasteiger partial charge in [-0.15, -0.1) is 0 Å². The molecule has 66 valence electrons. The number of hydrogen-bond acceptors (Lipinski definition) is 2. The van der Waals surface area contributed by atoms with Crippen molar-refractivity contribution in [3.63, 3.8) is 0 Å². The summed E-state index contributed by atoms with van der Waals surface area (Å²) < 4.78 is 0. The standard InChI is InChI=1S/C11H11NO/c13-12-8-9-5-6-10-3-1-2-4-11(10)7-9/h3-7H,1-2,8H2. The molecule has 0 saturated carbocycles. The van der Waals surface area contributed by atoms with E-state index in [2.05, 4.69) is 23.4 Å². The van der Waals surface area contributed by atoms with Gasteiger partial charge < -0.3 is 0 Å². The monoisotopic (exact) mass is 173 g/mol. The van der Waals surface area contributed by atoms with Gasteiger partial charge in [-0.1, -0.05) is 29.5 Å². The molecule has 1 aromatic rings. The molecule has 0 saturated heterocycles. The van der Waals surface area contributed by atoms with Crippen LogP contribution < -0.4 is 10.4 Å². The summed E-state index contributed by atoms with van der Waals surface area (Å²) in [5, 5.41) is 5.40. The molecule has 0 N–H and O–H groups in total. The lowest BCUT2D eigenvalue weighted by Crippen LogP contribution is -2.26. The molecule has 1 aliphatic rings. The van der Waals surface area contributed by atoms with Crippen LogP contribution in [0.3, 0.4) is 0 Å². The van der Waals surface area contributed by atoms with Crippen LogP contribution in [0.2, 0.25) is 0 Å². The molecular formula is C11H11NO. The largest absolute Gasteiger partial charge is 0.150 e. The van der Waals surface area contributed by atoms with Gasteiger partial charge in [-0.05, 0) is 34.9 Å². The molecule has 0 atom stereocenters. The number of fused-ring (bicyclic) bond motifs is 1. The predicted molar refractivity (Wildman–Crippen MR) is 53.4 cm³/mol. The Hall–Kier alpha value is -1.44. The average molecular weight is 173 g/mol. The van der Waals surface area contributed by atoms with Gasteiger partial charge >= 0.3 is 0 Å². The lowest BCUT2D eigenvalue weighted by Gasteiger charge is -2.00. The Balaban J connectivity index is 2.53. The van der Waals surface area contributed by atoms with Gasteiger partial charge in [-0.25, -0.2) is 0 Å². The maximum Gasteiger partial charge on any atom is 0.106 e. The van der Waals surface area contributed by atoms with Crippen molar-refractivity contribution in [2.45, 2.75) is 19.4 Å². The van der Waals surface area contributed by atoms with E-state index in [1.807, 2.05) is 12.1 Å². The Bertz CT molecular complexity index is 434. The van der Waals surface area contributed by atoms with E-state index in [9.17, 15) is 4.91 Å². The minimum Gasteiger partial charge on any atom is -0.150 e. The Morgan fingerprint density at radius 2 is 1.92 bits per heavy atom. The minimum atomic E-state index is 0.279. The molecule has 0 radical (unpaired) electrons. The van der Waals surface area contributed by atoms with Gasteiger partial charge in [-0.3, -0.25) is 0 Å². The van der Waals surface area contributed by atoms with Gasteiger partial charge in [0.1, 0.15) is 6.54 Å². The van der Waals surface area contributed by atoms with Crippen LogP contribution >= 0.6 is 0 Å². The third kappa shape index (κ3) is 1.66. The van der Waals surface area contributed by atoms with E-state index < -0.39 is 0 Å². The Morgan fingerprint density at radius 3 is 2.69 bits per heavy atom. The smallest absolute Gasteiger partial charge is 0.106 e. The van der Waals surface area contributed by atoms with Crippen LogP contribution in [0.15, 0.2) is 23.4 Å². The van der Waals surface area contributed by atoms with Crippen molar-refractivity contribution in [2.75, 3.05) is 0 Å². The van der Waals surface area contributed by atoms with E-state index in [1.54, 1.807) is 0 Å². The third-order valence-electron chi connectivity index (χ3n) is 2.29. The molecule has 0 aliphatic heterocycles. The van der Waals surface area contributed by atoms with Gasteiger partial charge in [0.05, 0.1) is 0 Å². The Morgan fingerprint density at radius 1 is 1.15 bits per heavy atom. The molecular weight excluding hydrogens is 162 g/mol. The second-order valence-corrected chi connectivity index (χ2v) is 3.24. The van der Waals surface area contributed by atoms with Crippen molar-refractivity contribution in [3.8, 4) is 0 Å². The quantitative estimate of drug-likeness (QED) is 0.620.